The lowest BCUT2D eigenvalue weighted by atomic mass is 9.99. The van der Waals surface area contributed by atoms with E-state index in [9.17, 15) is 9.59 Å². The molecule has 2 N–H and O–H groups in total. The number of ether oxygens (including phenoxy) is 1. The number of hydrogen-bond donors (Lipinski definition) is 2. The van der Waals surface area contributed by atoms with Crippen molar-refractivity contribution >= 4 is 34.6 Å². The molecule has 0 bridgehead atoms. The smallest absolute Gasteiger partial charge is 0.410 e. The molecule has 3 rings (SSSR count). The zero-order chi connectivity index (χ0) is 21.5. The zero-order valence-corrected chi connectivity index (χ0v) is 17.9. The van der Waals surface area contributed by atoms with Crippen molar-refractivity contribution in [1.29, 1.82) is 0 Å². The van der Waals surface area contributed by atoms with Crippen LogP contribution in [0.5, 0.6) is 0 Å². The molecule has 0 aromatic carbocycles. The van der Waals surface area contributed by atoms with E-state index >= 15 is 0 Å². The molecular formula is C21H26N4O4S. The number of aliphatic imine (C=N–C) groups is 1. The van der Waals surface area contributed by atoms with Crippen molar-refractivity contribution in [3.05, 3.63) is 46.1 Å². The highest BCUT2D eigenvalue weighted by atomic mass is 32.1. The van der Waals surface area contributed by atoms with Gasteiger partial charge in [-0.2, -0.15) is 0 Å². The molecule has 160 valence electrons. The lowest BCUT2D eigenvalue weighted by molar-refractivity contribution is -0.116. The van der Waals surface area contributed by atoms with Crippen LogP contribution >= 0.6 is 11.3 Å². The average molecular weight is 431 g/mol. The van der Waals surface area contributed by atoms with Crippen molar-refractivity contribution in [2.24, 2.45) is 4.99 Å². The van der Waals surface area contributed by atoms with Crippen LogP contribution in [0.4, 0.5) is 9.80 Å². The second kappa shape index (κ2) is 10.3. The van der Waals surface area contributed by atoms with Crippen LogP contribution in [0.15, 0.2) is 29.5 Å². The number of carbonyl (C=O) groups is 2. The summed E-state index contributed by atoms with van der Waals surface area (Å²) in [5, 5.41) is 12.6. The van der Waals surface area contributed by atoms with Gasteiger partial charge < -0.3 is 20.1 Å². The van der Waals surface area contributed by atoms with Crippen molar-refractivity contribution in [2.75, 3.05) is 32.1 Å². The van der Waals surface area contributed by atoms with Crippen LogP contribution in [0.3, 0.4) is 0 Å². The van der Waals surface area contributed by atoms with E-state index in [1.807, 2.05) is 19.1 Å². The van der Waals surface area contributed by atoms with E-state index in [2.05, 4.69) is 15.3 Å². The summed E-state index contributed by atoms with van der Waals surface area (Å²) >= 11 is 1.46. The number of fused-ring (bicyclic) bond motifs is 1. The lowest BCUT2D eigenvalue weighted by Crippen LogP contribution is -2.36. The fourth-order valence-corrected chi connectivity index (χ4v) is 4.66. The minimum Gasteiger partial charge on any atom is -0.447 e. The Kier molecular flexibility index (Phi) is 7.53. The number of anilines is 1. The second-order valence-corrected chi connectivity index (χ2v) is 8.19. The Balaban J connectivity index is 1.72. The third-order valence-electron chi connectivity index (χ3n) is 4.93. The number of nitrogens with one attached hydrogen (secondary N) is 1. The Labute approximate surface area is 179 Å². The maximum absolute atomic E-state index is 12.7. The van der Waals surface area contributed by atoms with E-state index < -0.39 is 6.09 Å². The van der Waals surface area contributed by atoms with Gasteiger partial charge in [-0.1, -0.05) is 13.0 Å². The second-order valence-electron chi connectivity index (χ2n) is 7.08. The van der Waals surface area contributed by atoms with Gasteiger partial charge in [-0.15, -0.1) is 11.3 Å². The van der Waals surface area contributed by atoms with E-state index in [-0.39, 0.29) is 25.0 Å². The van der Waals surface area contributed by atoms with Gasteiger partial charge in [0, 0.05) is 49.1 Å². The normalized spacial score (nSPS) is 14.4. The molecule has 2 amide bonds. The minimum atomic E-state index is -0.440. The van der Waals surface area contributed by atoms with Crippen LogP contribution < -0.4 is 5.32 Å². The number of rotatable bonds is 7. The Morgan fingerprint density at radius 1 is 1.50 bits per heavy atom. The molecule has 1 aliphatic heterocycles. The first-order valence-electron chi connectivity index (χ1n) is 9.82. The molecule has 1 unspecified atom stereocenters. The first-order valence-corrected chi connectivity index (χ1v) is 10.6. The maximum atomic E-state index is 12.7. The first kappa shape index (κ1) is 21.9. The average Bonchev–Trinajstić information content (AvgIpc) is 3.08. The first-order chi connectivity index (χ1) is 14.5. The molecule has 0 saturated carbocycles. The van der Waals surface area contributed by atoms with Crippen molar-refractivity contribution in [2.45, 2.75) is 32.2 Å². The summed E-state index contributed by atoms with van der Waals surface area (Å²) in [4.78, 5) is 35.7. The third-order valence-corrected chi connectivity index (χ3v) is 6.08. The van der Waals surface area contributed by atoms with E-state index in [0.29, 0.717) is 25.9 Å². The number of nitrogens with zero attached hydrogens (tertiary/aromatic N) is 3. The highest BCUT2D eigenvalue weighted by Gasteiger charge is 2.27. The maximum Gasteiger partial charge on any atom is 0.410 e. The monoisotopic (exact) mass is 430 g/mol. The summed E-state index contributed by atoms with van der Waals surface area (Å²) in [7, 11) is 1.70. The van der Waals surface area contributed by atoms with E-state index in [1.54, 1.807) is 30.6 Å². The number of thiophene rings is 1. The van der Waals surface area contributed by atoms with Crippen LogP contribution in [-0.4, -0.2) is 60.0 Å². The molecule has 9 heteroatoms. The van der Waals surface area contributed by atoms with Gasteiger partial charge in [0.15, 0.2) is 0 Å². The van der Waals surface area contributed by atoms with Crippen molar-refractivity contribution in [3.8, 4) is 0 Å². The standard InChI is InChI=1S/C21H26N4O4S/c1-14(15-4-3-6-23-11-15)10-19(27)24-20-17(12-22-2)16-5-7-25(13-18(16)30-20)21(28)29-9-8-26/h3-4,6,11-12,14,26H,5,7-10,13H2,1-2H3,(H,24,27). The molecule has 1 aliphatic rings. The van der Waals surface area contributed by atoms with Gasteiger partial charge >= 0.3 is 6.09 Å². The highest BCUT2D eigenvalue weighted by Crippen LogP contribution is 2.36. The Morgan fingerprint density at radius 2 is 2.33 bits per heavy atom. The van der Waals surface area contributed by atoms with E-state index in [4.69, 9.17) is 9.84 Å². The number of amides is 2. The predicted molar refractivity (Wildman–Crippen MR) is 116 cm³/mol. The third kappa shape index (κ3) is 5.22. The molecule has 8 nitrogen and oxygen atoms in total. The number of carbonyl (C=O) groups excluding carboxylic acids is 2. The van der Waals surface area contributed by atoms with E-state index in [0.717, 1.165) is 26.6 Å². The number of aromatic nitrogens is 1. The van der Waals surface area contributed by atoms with Crippen LogP contribution in [0.25, 0.3) is 0 Å². The fraction of sp³-hybridized carbons (Fsp3) is 0.429. The van der Waals surface area contributed by atoms with Crippen LogP contribution in [0.2, 0.25) is 0 Å². The van der Waals surface area contributed by atoms with Gasteiger partial charge in [-0.3, -0.25) is 14.8 Å². The van der Waals surface area contributed by atoms with Gasteiger partial charge in [0.1, 0.15) is 11.6 Å². The number of aliphatic hydroxyl groups excluding tert-OH is 1. The molecule has 2 aromatic heterocycles. The van der Waals surface area contributed by atoms with Gasteiger partial charge in [0.25, 0.3) is 0 Å². The lowest BCUT2D eigenvalue weighted by Gasteiger charge is -2.26. The topological polar surface area (TPSA) is 104 Å². The van der Waals surface area contributed by atoms with Gasteiger partial charge in [-0.25, -0.2) is 4.79 Å². The van der Waals surface area contributed by atoms with Crippen molar-refractivity contribution in [3.63, 3.8) is 0 Å². The number of hydrogen-bond acceptors (Lipinski definition) is 7. The summed E-state index contributed by atoms with van der Waals surface area (Å²) < 4.78 is 5.02. The molecule has 0 saturated heterocycles. The molecule has 3 heterocycles. The molecule has 0 radical (unpaired) electrons. The van der Waals surface area contributed by atoms with Gasteiger partial charge in [-0.05, 0) is 29.5 Å². The summed E-state index contributed by atoms with van der Waals surface area (Å²) in [6.45, 7) is 2.71. The molecule has 30 heavy (non-hydrogen) atoms. The van der Waals surface area contributed by atoms with Gasteiger partial charge in [0.05, 0.1) is 13.2 Å². The highest BCUT2D eigenvalue weighted by molar-refractivity contribution is 7.16. The van der Waals surface area contributed by atoms with Crippen molar-refractivity contribution < 1.29 is 19.4 Å². The Bertz CT molecular complexity index is 913. The summed E-state index contributed by atoms with van der Waals surface area (Å²) in [6, 6.07) is 3.83. The quantitative estimate of drug-likeness (QED) is 0.658. The molecule has 1 atom stereocenters. The fourth-order valence-electron chi connectivity index (χ4n) is 3.41. The summed E-state index contributed by atoms with van der Waals surface area (Å²) in [5.74, 6) is -0.0247. The van der Waals surface area contributed by atoms with Gasteiger partial charge in [0.2, 0.25) is 5.91 Å². The number of aliphatic hydroxyl groups is 1. The Morgan fingerprint density at radius 3 is 3.03 bits per heavy atom. The largest absolute Gasteiger partial charge is 0.447 e. The predicted octanol–water partition coefficient (Wildman–Crippen LogP) is 2.81. The molecule has 0 spiro atoms. The van der Waals surface area contributed by atoms with Crippen LogP contribution in [0.1, 0.15) is 40.8 Å². The number of pyridine rings is 1. The van der Waals surface area contributed by atoms with Crippen molar-refractivity contribution in [1.82, 2.24) is 9.88 Å². The minimum absolute atomic E-state index is 0.0171. The molecule has 0 fully saturated rings. The van der Waals surface area contributed by atoms with Crippen LogP contribution in [-0.2, 0) is 22.5 Å². The van der Waals surface area contributed by atoms with E-state index in [1.165, 1.54) is 11.3 Å². The van der Waals surface area contributed by atoms with Crippen LogP contribution in [0, 0.1) is 0 Å². The molecular weight excluding hydrogens is 404 g/mol. The molecule has 2 aromatic rings. The zero-order valence-electron chi connectivity index (χ0n) is 17.1. The SMILES string of the molecule is CN=Cc1c(NC(=O)CC(C)c2cccnc2)sc2c1CCN(C(=O)OCCO)C2. The molecule has 0 aliphatic carbocycles. The Hall–Kier alpha value is -2.78. The summed E-state index contributed by atoms with van der Waals surface area (Å²) in [5.41, 5.74) is 3.03. The summed E-state index contributed by atoms with van der Waals surface area (Å²) in [6.07, 6.45) is 5.81.